The average molecular weight is 332 g/mol. The second-order valence-corrected chi connectivity index (χ2v) is 6.28. The van der Waals surface area contributed by atoms with Gasteiger partial charge in [0.25, 0.3) is 0 Å². The van der Waals surface area contributed by atoms with E-state index in [0.29, 0.717) is 0 Å². The molecule has 0 aliphatic rings. The van der Waals surface area contributed by atoms with E-state index in [1.165, 1.54) is 0 Å². The SMILES string of the molecule is CN(C)CCCNc1nc(/C=C/c2ccccc2)nc2ccccc12. The van der Waals surface area contributed by atoms with Crippen LogP contribution in [0.1, 0.15) is 17.8 Å². The predicted octanol–water partition coefficient (Wildman–Crippen LogP) is 4.16. The number of fused-ring (bicyclic) bond motifs is 1. The first-order valence-corrected chi connectivity index (χ1v) is 8.61. The Morgan fingerprint density at radius 2 is 1.68 bits per heavy atom. The quantitative estimate of drug-likeness (QED) is 0.660. The fourth-order valence-electron chi connectivity index (χ4n) is 2.64. The Labute approximate surface area is 149 Å². The van der Waals surface area contributed by atoms with Crippen LogP contribution in [0.4, 0.5) is 5.82 Å². The van der Waals surface area contributed by atoms with Crippen molar-refractivity contribution in [3.8, 4) is 0 Å². The normalized spacial score (nSPS) is 11.5. The van der Waals surface area contributed by atoms with Crippen LogP contribution in [0.5, 0.6) is 0 Å². The van der Waals surface area contributed by atoms with Crippen LogP contribution in [-0.2, 0) is 0 Å². The first-order chi connectivity index (χ1) is 12.2. The number of benzene rings is 2. The number of nitrogens with zero attached hydrogens (tertiary/aromatic N) is 3. The lowest BCUT2D eigenvalue weighted by atomic mass is 10.2. The molecule has 1 N–H and O–H groups in total. The number of anilines is 1. The Hall–Kier alpha value is -2.72. The van der Waals surface area contributed by atoms with Gasteiger partial charge in [0.15, 0.2) is 5.82 Å². The van der Waals surface area contributed by atoms with Crippen LogP contribution in [0.25, 0.3) is 23.1 Å². The molecule has 0 radical (unpaired) electrons. The maximum absolute atomic E-state index is 4.71. The van der Waals surface area contributed by atoms with E-state index in [0.717, 1.165) is 47.6 Å². The monoisotopic (exact) mass is 332 g/mol. The number of rotatable bonds is 7. The van der Waals surface area contributed by atoms with E-state index < -0.39 is 0 Å². The zero-order valence-corrected chi connectivity index (χ0v) is 14.8. The molecule has 0 saturated carbocycles. The summed E-state index contributed by atoms with van der Waals surface area (Å²) in [6.45, 7) is 1.94. The van der Waals surface area contributed by atoms with E-state index in [1.807, 2.05) is 48.6 Å². The molecule has 1 heterocycles. The van der Waals surface area contributed by atoms with Gasteiger partial charge in [-0.2, -0.15) is 0 Å². The van der Waals surface area contributed by atoms with Crippen molar-refractivity contribution in [1.29, 1.82) is 0 Å². The fourth-order valence-corrected chi connectivity index (χ4v) is 2.64. The van der Waals surface area contributed by atoms with Gasteiger partial charge in [-0.1, -0.05) is 48.5 Å². The highest BCUT2D eigenvalue weighted by atomic mass is 15.1. The highest BCUT2D eigenvalue weighted by Gasteiger charge is 2.05. The van der Waals surface area contributed by atoms with E-state index >= 15 is 0 Å². The maximum Gasteiger partial charge on any atom is 0.154 e. The van der Waals surface area contributed by atoms with Crippen LogP contribution in [0.2, 0.25) is 0 Å². The molecule has 0 aliphatic heterocycles. The molecule has 4 heteroatoms. The topological polar surface area (TPSA) is 41.0 Å². The van der Waals surface area contributed by atoms with Crippen LogP contribution in [-0.4, -0.2) is 42.1 Å². The Kier molecular flexibility index (Phi) is 5.75. The summed E-state index contributed by atoms with van der Waals surface area (Å²) < 4.78 is 0. The van der Waals surface area contributed by atoms with E-state index in [-0.39, 0.29) is 0 Å². The van der Waals surface area contributed by atoms with Gasteiger partial charge in [-0.05, 0) is 50.8 Å². The summed E-state index contributed by atoms with van der Waals surface area (Å²) in [5.41, 5.74) is 2.10. The van der Waals surface area contributed by atoms with Crippen LogP contribution in [0, 0.1) is 0 Å². The number of aromatic nitrogens is 2. The van der Waals surface area contributed by atoms with Crippen LogP contribution in [0.15, 0.2) is 54.6 Å². The summed E-state index contributed by atoms with van der Waals surface area (Å²) in [5, 5.41) is 4.53. The molecular weight excluding hydrogens is 308 g/mol. The molecule has 1 aromatic heterocycles. The van der Waals surface area contributed by atoms with Gasteiger partial charge in [0.05, 0.1) is 5.52 Å². The Morgan fingerprint density at radius 1 is 0.920 bits per heavy atom. The van der Waals surface area contributed by atoms with Crippen LogP contribution in [0.3, 0.4) is 0 Å². The number of hydrogen-bond donors (Lipinski definition) is 1. The minimum absolute atomic E-state index is 0.720. The van der Waals surface area contributed by atoms with Crippen molar-refractivity contribution in [2.75, 3.05) is 32.5 Å². The third-order valence-electron chi connectivity index (χ3n) is 3.92. The van der Waals surface area contributed by atoms with Gasteiger partial charge in [0.2, 0.25) is 0 Å². The summed E-state index contributed by atoms with van der Waals surface area (Å²) in [4.78, 5) is 11.6. The predicted molar refractivity (Wildman–Crippen MR) is 107 cm³/mol. The Morgan fingerprint density at radius 3 is 2.48 bits per heavy atom. The van der Waals surface area contributed by atoms with Gasteiger partial charge in [-0.15, -0.1) is 0 Å². The van der Waals surface area contributed by atoms with Crippen molar-refractivity contribution >= 4 is 28.9 Å². The minimum Gasteiger partial charge on any atom is -0.369 e. The van der Waals surface area contributed by atoms with Crippen molar-refractivity contribution < 1.29 is 0 Å². The summed E-state index contributed by atoms with van der Waals surface area (Å²) >= 11 is 0. The second-order valence-electron chi connectivity index (χ2n) is 6.28. The summed E-state index contributed by atoms with van der Waals surface area (Å²) in [5.74, 6) is 1.62. The third-order valence-corrected chi connectivity index (χ3v) is 3.92. The molecule has 128 valence electrons. The van der Waals surface area contributed by atoms with E-state index in [2.05, 4.69) is 47.5 Å². The molecule has 0 atom stereocenters. The molecule has 25 heavy (non-hydrogen) atoms. The van der Waals surface area contributed by atoms with Crippen LogP contribution < -0.4 is 5.32 Å². The van der Waals surface area contributed by atoms with E-state index in [9.17, 15) is 0 Å². The fraction of sp³-hybridized carbons (Fsp3) is 0.238. The maximum atomic E-state index is 4.71. The Balaban J connectivity index is 1.83. The smallest absolute Gasteiger partial charge is 0.154 e. The Bertz CT molecular complexity index is 841. The summed E-state index contributed by atoms with van der Waals surface area (Å²) in [7, 11) is 4.18. The largest absolute Gasteiger partial charge is 0.369 e. The average Bonchev–Trinajstić information content (AvgIpc) is 2.64. The molecule has 0 aliphatic carbocycles. The molecule has 4 nitrogen and oxygen atoms in total. The number of nitrogens with one attached hydrogen (secondary N) is 1. The lowest BCUT2D eigenvalue weighted by Crippen LogP contribution is -2.16. The molecule has 3 rings (SSSR count). The van der Waals surface area contributed by atoms with Crippen molar-refractivity contribution in [2.45, 2.75) is 6.42 Å². The van der Waals surface area contributed by atoms with Gasteiger partial charge in [0.1, 0.15) is 5.82 Å². The first-order valence-electron chi connectivity index (χ1n) is 8.61. The molecule has 0 fully saturated rings. The van der Waals surface area contributed by atoms with Gasteiger partial charge >= 0.3 is 0 Å². The van der Waals surface area contributed by atoms with Crippen molar-refractivity contribution in [1.82, 2.24) is 14.9 Å². The lowest BCUT2D eigenvalue weighted by Gasteiger charge is -2.12. The molecule has 0 amide bonds. The van der Waals surface area contributed by atoms with Gasteiger partial charge in [0, 0.05) is 11.9 Å². The summed E-state index contributed by atoms with van der Waals surface area (Å²) in [6.07, 6.45) is 5.08. The molecule has 0 spiro atoms. The van der Waals surface area contributed by atoms with Gasteiger partial charge < -0.3 is 10.2 Å². The zero-order chi connectivity index (χ0) is 17.5. The minimum atomic E-state index is 0.720. The van der Waals surface area contributed by atoms with E-state index in [1.54, 1.807) is 0 Å². The van der Waals surface area contributed by atoms with Crippen molar-refractivity contribution in [2.24, 2.45) is 0 Å². The van der Waals surface area contributed by atoms with Crippen molar-refractivity contribution in [3.05, 3.63) is 66.0 Å². The first kappa shape index (κ1) is 17.1. The number of para-hydroxylation sites is 1. The standard InChI is InChI=1S/C21H24N4/c1-25(2)16-8-15-22-21-18-11-6-7-12-19(18)23-20(24-21)14-13-17-9-4-3-5-10-17/h3-7,9-14H,8,15-16H2,1-2H3,(H,22,23,24)/b14-13+. The third kappa shape index (κ3) is 4.88. The second kappa shape index (κ2) is 8.40. The highest BCUT2D eigenvalue weighted by molar-refractivity contribution is 5.90. The molecule has 0 bridgehead atoms. The molecular formula is C21H24N4. The van der Waals surface area contributed by atoms with Crippen molar-refractivity contribution in [3.63, 3.8) is 0 Å². The molecule has 2 aromatic carbocycles. The van der Waals surface area contributed by atoms with Gasteiger partial charge in [-0.3, -0.25) is 0 Å². The zero-order valence-electron chi connectivity index (χ0n) is 14.8. The molecule has 0 saturated heterocycles. The molecule has 0 unspecified atom stereocenters. The van der Waals surface area contributed by atoms with Crippen LogP contribution >= 0.6 is 0 Å². The van der Waals surface area contributed by atoms with E-state index in [4.69, 9.17) is 4.98 Å². The molecule has 3 aromatic rings. The highest BCUT2D eigenvalue weighted by Crippen LogP contribution is 2.21. The number of hydrogen-bond acceptors (Lipinski definition) is 4. The summed E-state index contributed by atoms with van der Waals surface area (Å²) in [6, 6.07) is 18.3. The lowest BCUT2D eigenvalue weighted by molar-refractivity contribution is 0.405. The van der Waals surface area contributed by atoms with Gasteiger partial charge in [-0.25, -0.2) is 9.97 Å².